The number of imidazole rings is 1. The van der Waals surface area contributed by atoms with E-state index < -0.39 is 0 Å². The molecule has 4 heteroatoms. The molecule has 2 aromatic rings. The third-order valence-electron chi connectivity index (χ3n) is 5.01. The van der Waals surface area contributed by atoms with Crippen molar-refractivity contribution in [3.8, 4) is 0 Å². The Bertz CT molecular complexity index is 612. The fourth-order valence-corrected chi connectivity index (χ4v) is 3.38. The van der Waals surface area contributed by atoms with Crippen LogP contribution in [0, 0.1) is 0 Å². The van der Waals surface area contributed by atoms with Crippen LogP contribution in [0.15, 0.2) is 24.3 Å². The van der Waals surface area contributed by atoms with Crippen LogP contribution in [0.5, 0.6) is 0 Å². The van der Waals surface area contributed by atoms with E-state index in [1.54, 1.807) is 0 Å². The minimum absolute atomic E-state index is 0.963. The molecule has 0 bridgehead atoms. The lowest BCUT2D eigenvalue weighted by Crippen LogP contribution is -2.31. The SMILES string of the molecule is CCCCCn1c(NCCN(CCCC)CCCC)nc2ccccc21. The van der Waals surface area contributed by atoms with Crippen LogP contribution in [-0.2, 0) is 6.54 Å². The second kappa shape index (κ2) is 11.9. The van der Waals surface area contributed by atoms with Gasteiger partial charge in [-0.2, -0.15) is 0 Å². The minimum Gasteiger partial charge on any atom is -0.354 e. The van der Waals surface area contributed by atoms with Crippen LogP contribution in [0.4, 0.5) is 5.95 Å². The molecule has 4 nitrogen and oxygen atoms in total. The van der Waals surface area contributed by atoms with Crippen LogP contribution in [0.2, 0.25) is 0 Å². The molecule has 0 spiro atoms. The summed E-state index contributed by atoms with van der Waals surface area (Å²) in [6.07, 6.45) is 8.85. The van der Waals surface area contributed by atoms with Crippen molar-refractivity contribution in [3.63, 3.8) is 0 Å². The molecule has 0 aliphatic carbocycles. The number of aryl methyl sites for hydroxylation is 1. The third-order valence-corrected chi connectivity index (χ3v) is 5.01. The van der Waals surface area contributed by atoms with Gasteiger partial charge in [-0.15, -0.1) is 0 Å². The fourth-order valence-electron chi connectivity index (χ4n) is 3.38. The molecule has 1 N–H and O–H groups in total. The number of anilines is 1. The quantitative estimate of drug-likeness (QED) is 0.450. The Kier molecular flexibility index (Phi) is 9.54. The molecule has 0 fully saturated rings. The van der Waals surface area contributed by atoms with Crippen LogP contribution >= 0.6 is 0 Å². The molecular weight excluding hydrogens is 320 g/mol. The maximum Gasteiger partial charge on any atom is 0.203 e. The summed E-state index contributed by atoms with van der Waals surface area (Å²) in [4.78, 5) is 7.45. The van der Waals surface area contributed by atoms with Crippen molar-refractivity contribution in [2.45, 2.75) is 72.3 Å². The van der Waals surface area contributed by atoms with Gasteiger partial charge in [0.05, 0.1) is 11.0 Å². The van der Waals surface area contributed by atoms with Gasteiger partial charge in [-0.05, 0) is 44.5 Å². The molecule has 0 radical (unpaired) electrons. The monoisotopic (exact) mass is 358 g/mol. The smallest absolute Gasteiger partial charge is 0.203 e. The number of hydrogen-bond acceptors (Lipinski definition) is 3. The molecule has 2 rings (SSSR count). The van der Waals surface area contributed by atoms with Gasteiger partial charge in [-0.25, -0.2) is 4.98 Å². The molecule has 0 saturated carbocycles. The highest BCUT2D eigenvalue weighted by Gasteiger charge is 2.10. The molecule has 1 aromatic heterocycles. The maximum atomic E-state index is 4.85. The summed E-state index contributed by atoms with van der Waals surface area (Å²) in [6, 6.07) is 8.49. The molecule has 26 heavy (non-hydrogen) atoms. The number of nitrogens with one attached hydrogen (secondary N) is 1. The first-order chi connectivity index (χ1) is 12.8. The molecule has 1 heterocycles. The van der Waals surface area contributed by atoms with E-state index in [0.717, 1.165) is 31.1 Å². The van der Waals surface area contributed by atoms with E-state index in [1.807, 2.05) is 0 Å². The van der Waals surface area contributed by atoms with Crippen molar-refractivity contribution in [1.29, 1.82) is 0 Å². The summed E-state index contributed by atoms with van der Waals surface area (Å²) >= 11 is 0. The minimum atomic E-state index is 0.963. The Labute approximate surface area is 160 Å². The van der Waals surface area contributed by atoms with Gasteiger partial charge in [0.2, 0.25) is 5.95 Å². The zero-order valence-corrected chi connectivity index (χ0v) is 17.1. The molecule has 146 valence electrons. The normalized spacial score (nSPS) is 11.5. The Morgan fingerprint density at radius 3 is 2.27 bits per heavy atom. The van der Waals surface area contributed by atoms with E-state index >= 15 is 0 Å². The highest BCUT2D eigenvalue weighted by Crippen LogP contribution is 2.20. The second-order valence-corrected chi connectivity index (χ2v) is 7.26. The van der Waals surface area contributed by atoms with Gasteiger partial charge in [0.15, 0.2) is 0 Å². The number of aromatic nitrogens is 2. The maximum absolute atomic E-state index is 4.85. The van der Waals surface area contributed by atoms with E-state index in [4.69, 9.17) is 4.98 Å². The zero-order chi connectivity index (χ0) is 18.6. The molecule has 0 saturated heterocycles. The number of rotatable bonds is 14. The Hall–Kier alpha value is -1.55. The first kappa shape index (κ1) is 20.8. The van der Waals surface area contributed by atoms with Crippen molar-refractivity contribution in [3.05, 3.63) is 24.3 Å². The van der Waals surface area contributed by atoms with Gasteiger partial charge in [-0.1, -0.05) is 58.6 Å². The standard InChI is InChI=1S/C22H38N4/c1-4-7-12-18-26-21-14-11-10-13-20(21)24-22(26)23-15-19-25(16-8-5-2)17-9-6-3/h10-11,13-14H,4-9,12,15-19H2,1-3H3,(H,23,24). The predicted molar refractivity (Wildman–Crippen MR) is 114 cm³/mol. The topological polar surface area (TPSA) is 33.1 Å². The first-order valence-electron chi connectivity index (χ1n) is 10.7. The molecule has 0 amide bonds. The largest absolute Gasteiger partial charge is 0.354 e. The summed E-state index contributed by atoms with van der Waals surface area (Å²) in [5.41, 5.74) is 2.35. The first-order valence-corrected chi connectivity index (χ1v) is 10.7. The highest BCUT2D eigenvalue weighted by atomic mass is 15.2. The van der Waals surface area contributed by atoms with Crippen molar-refractivity contribution in [2.24, 2.45) is 0 Å². The lowest BCUT2D eigenvalue weighted by atomic mass is 10.2. The van der Waals surface area contributed by atoms with Gasteiger partial charge in [0.1, 0.15) is 0 Å². The van der Waals surface area contributed by atoms with Gasteiger partial charge in [-0.3, -0.25) is 0 Å². The number of nitrogens with zero attached hydrogens (tertiary/aromatic N) is 3. The average Bonchev–Trinajstić information content (AvgIpc) is 3.01. The van der Waals surface area contributed by atoms with Gasteiger partial charge in [0, 0.05) is 19.6 Å². The highest BCUT2D eigenvalue weighted by molar-refractivity contribution is 5.78. The van der Waals surface area contributed by atoms with Crippen molar-refractivity contribution < 1.29 is 0 Å². The summed E-state index contributed by atoms with van der Waals surface area (Å²) in [6.45, 7) is 12.3. The second-order valence-electron chi connectivity index (χ2n) is 7.26. The summed E-state index contributed by atoms with van der Waals surface area (Å²) in [5, 5.41) is 3.62. The Morgan fingerprint density at radius 2 is 1.58 bits per heavy atom. The van der Waals surface area contributed by atoms with Crippen LogP contribution < -0.4 is 5.32 Å². The van der Waals surface area contributed by atoms with Crippen LogP contribution in [0.25, 0.3) is 11.0 Å². The van der Waals surface area contributed by atoms with Gasteiger partial charge >= 0.3 is 0 Å². The van der Waals surface area contributed by atoms with E-state index in [-0.39, 0.29) is 0 Å². The zero-order valence-electron chi connectivity index (χ0n) is 17.1. The van der Waals surface area contributed by atoms with E-state index in [2.05, 4.69) is 59.8 Å². The van der Waals surface area contributed by atoms with Crippen LogP contribution in [-0.4, -0.2) is 40.6 Å². The summed E-state index contributed by atoms with van der Waals surface area (Å²) in [5.74, 6) is 1.04. The fraction of sp³-hybridized carbons (Fsp3) is 0.682. The predicted octanol–water partition coefficient (Wildman–Crippen LogP) is 5.54. The molecule has 1 aromatic carbocycles. The lowest BCUT2D eigenvalue weighted by molar-refractivity contribution is 0.275. The van der Waals surface area contributed by atoms with Crippen LogP contribution in [0.1, 0.15) is 65.7 Å². The lowest BCUT2D eigenvalue weighted by Gasteiger charge is -2.22. The summed E-state index contributed by atoms with van der Waals surface area (Å²) < 4.78 is 2.37. The molecular formula is C22H38N4. The van der Waals surface area contributed by atoms with Gasteiger partial charge in [0.25, 0.3) is 0 Å². The van der Waals surface area contributed by atoms with E-state index in [9.17, 15) is 0 Å². The third kappa shape index (κ3) is 6.31. The van der Waals surface area contributed by atoms with Crippen molar-refractivity contribution in [2.75, 3.05) is 31.5 Å². The number of para-hydroxylation sites is 2. The Balaban J connectivity index is 1.98. The molecule has 0 atom stereocenters. The molecule has 0 unspecified atom stereocenters. The number of benzene rings is 1. The van der Waals surface area contributed by atoms with Crippen molar-refractivity contribution >= 4 is 17.0 Å². The van der Waals surface area contributed by atoms with Crippen molar-refractivity contribution in [1.82, 2.24) is 14.5 Å². The van der Waals surface area contributed by atoms with E-state index in [0.29, 0.717) is 0 Å². The molecule has 0 aliphatic heterocycles. The summed E-state index contributed by atoms with van der Waals surface area (Å²) in [7, 11) is 0. The number of fused-ring (bicyclic) bond motifs is 1. The molecule has 0 aliphatic rings. The number of unbranched alkanes of at least 4 members (excludes halogenated alkanes) is 4. The van der Waals surface area contributed by atoms with Crippen LogP contribution in [0.3, 0.4) is 0 Å². The van der Waals surface area contributed by atoms with E-state index in [1.165, 1.54) is 63.6 Å². The Morgan fingerprint density at radius 1 is 0.885 bits per heavy atom. The van der Waals surface area contributed by atoms with Gasteiger partial charge < -0.3 is 14.8 Å². The average molecular weight is 359 g/mol. The number of hydrogen-bond donors (Lipinski definition) is 1.